The Morgan fingerprint density at radius 3 is 1.20 bits per heavy atom. The highest BCUT2D eigenvalue weighted by Gasteiger charge is 2.20. The van der Waals surface area contributed by atoms with Crippen molar-refractivity contribution in [2.75, 3.05) is 54.1 Å². The summed E-state index contributed by atoms with van der Waals surface area (Å²) in [6.45, 7) is 5.45. The number of rotatable bonds is 45. The number of quaternary nitrogens is 1. The zero-order valence-electron chi connectivity index (χ0n) is 37.4. The Kier molecular flexibility index (Phi) is 39.9. The van der Waals surface area contributed by atoms with E-state index in [1.54, 1.807) is 0 Å². The molecule has 0 rings (SSSR count). The number of ether oxygens (including phenoxy) is 2. The van der Waals surface area contributed by atoms with Crippen molar-refractivity contribution in [1.82, 2.24) is 0 Å². The first kappa shape index (κ1) is 54.5. The molecule has 0 aliphatic rings. The maximum Gasteiger partial charge on any atom is 0.306 e. The third-order valence-corrected chi connectivity index (χ3v) is 11.6. The van der Waals surface area contributed by atoms with Gasteiger partial charge in [-0.2, -0.15) is 0 Å². The lowest BCUT2D eigenvalue weighted by Crippen LogP contribution is -2.37. The quantitative estimate of drug-likeness (QED) is 0.0262. The average molecular weight is 804 g/mol. The molecule has 0 aromatic rings. The van der Waals surface area contributed by atoms with Crippen molar-refractivity contribution in [1.29, 1.82) is 0 Å². The number of phosphoric acid groups is 1. The van der Waals surface area contributed by atoms with Crippen LogP contribution < -0.4 is 4.89 Å². The molecule has 0 aliphatic carbocycles. The number of phosphoric ester groups is 1. The Morgan fingerprint density at radius 1 is 0.491 bits per heavy atom. The SMILES string of the molecule is CCCCCCCCCCCCCCCCCCCCCCCCCCC(=O)OC(COCCCCCCCCCCC)COP(=O)([O-])OCC[N+](C)(C)C. The van der Waals surface area contributed by atoms with Crippen LogP contribution in [0.2, 0.25) is 0 Å². The van der Waals surface area contributed by atoms with Crippen LogP contribution in [0.3, 0.4) is 0 Å². The van der Waals surface area contributed by atoms with E-state index in [2.05, 4.69) is 13.8 Å². The Labute approximate surface area is 342 Å². The Hall–Kier alpha value is -0.500. The van der Waals surface area contributed by atoms with Crippen LogP contribution in [0.4, 0.5) is 0 Å². The molecule has 0 saturated heterocycles. The highest BCUT2D eigenvalue weighted by Crippen LogP contribution is 2.38. The van der Waals surface area contributed by atoms with Crippen molar-refractivity contribution in [3.8, 4) is 0 Å². The topological polar surface area (TPSA) is 94.1 Å². The fourth-order valence-corrected chi connectivity index (χ4v) is 7.69. The normalized spacial score (nSPS) is 13.6. The van der Waals surface area contributed by atoms with Crippen LogP contribution in [0.25, 0.3) is 0 Å². The zero-order valence-corrected chi connectivity index (χ0v) is 38.3. The number of carbonyl (C=O) groups is 1. The van der Waals surface area contributed by atoms with Gasteiger partial charge in [0.05, 0.1) is 34.4 Å². The van der Waals surface area contributed by atoms with Crippen molar-refractivity contribution < 1.29 is 37.3 Å². The maximum absolute atomic E-state index is 12.7. The van der Waals surface area contributed by atoms with Crippen molar-refractivity contribution in [2.45, 2.75) is 238 Å². The molecule has 55 heavy (non-hydrogen) atoms. The molecule has 0 radical (unpaired) electrons. The molecule has 0 heterocycles. The van der Waals surface area contributed by atoms with Crippen LogP contribution in [0, 0.1) is 0 Å². The fourth-order valence-electron chi connectivity index (χ4n) is 6.96. The molecule has 0 bridgehead atoms. The summed E-state index contributed by atoms with van der Waals surface area (Å²) in [7, 11) is 1.37. The number of nitrogens with zero attached hydrogens (tertiary/aromatic N) is 1. The van der Waals surface area contributed by atoms with Gasteiger partial charge in [-0.05, 0) is 12.8 Å². The summed E-state index contributed by atoms with van der Waals surface area (Å²) in [5.41, 5.74) is 0. The second-order valence-corrected chi connectivity index (χ2v) is 18.9. The van der Waals surface area contributed by atoms with E-state index in [-0.39, 0.29) is 25.8 Å². The van der Waals surface area contributed by atoms with E-state index in [1.807, 2.05) is 21.1 Å². The molecular weight excluding hydrogens is 709 g/mol. The van der Waals surface area contributed by atoms with Crippen molar-refractivity contribution in [3.05, 3.63) is 0 Å². The van der Waals surface area contributed by atoms with Crippen LogP contribution >= 0.6 is 7.82 Å². The van der Waals surface area contributed by atoms with Gasteiger partial charge in [-0.25, -0.2) is 0 Å². The third-order valence-electron chi connectivity index (χ3n) is 10.7. The number of hydrogen-bond donors (Lipinski definition) is 0. The smallest absolute Gasteiger partial charge is 0.306 e. The van der Waals surface area contributed by atoms with Crippen LogP contribution in [-0.4, -0.2) is 70.7 Å². The average Bonchev–Trinajstić information content (AvgIpc) is 3.13. The van der Waals surface area contributed by atoms with Gasteiger partial charge in [-0.1, -0.05) is 213 Å². The van der Waals surface area contributed by atoms with Crippen molar-refractivity contribution >= 4 is 13.8 Å². The summed E-state index contributed by atoms with van der Waals surface area (Å²) >= 11 is 0. The molecule has 8 nitrogen and oxygen atoms in total. The van der Waals surface area contributed by atoms with Crippen LogP contribution in [0.5, 0.6) is 0 Å². The zero-order chi connectivity index (χ0) is 40.6. The Balaban J connectivity index is 3.97. The maximum atomic E-state index is 12.7. The van der Waals surface area contributed by atoms with Gasteiger partial charge in [0.1, 0.15) is 19.3 Å². The number of hydrogen-bond acceptors (Lipinski definition) is 7. The van der Waals surface area contributed by atoms with Gasteiger partial charge in [-0.15, -0.1) is 0 Å². The molecular formula is C46H94NO7P. The van der Waals surface area contributed by atoms with Crippen LogP contribution in [-0.2, 0) is 27.9 Å². The fraction of sp³-hybridized carbons (Fsp3) is 0.978. The molecule has 0 aliphatic heterocycles. The molecule has 0 aromatic heterocycles. The van der Waals surface area contributed by atoms with E-state index < -0.39 is 13.9 Å². The number of unbranched alkanes of at least 4 members (excludes halogenated alkanes) is 31. The lowest BCUT2D eigenvalue weighted by atomic mass is 10.0. The summed E-state index contributed by atoms with van der Waals surface area (Å²) in [4.78, 5) is 25.0. The van der Waals surface area contributed by atoms with Gasteiger partial charge in [0.15, 0.2) is 0 Å². The summed E-state index contributed by atoms with van der Waals surface area (Å²) in [5.74, 6) is -0.328. The van der Waals surface area contributed by atoms with Gasteiger partial charge in [0.2, 0.25) is 0 Å². The second-order valence-electron chi connectivity index (χ2n) is 17.5. The van der Waals surface area contributed by atoms with E-state index in [0.29, 0.717) is 24.1 Å². The van der Waals surface area contributed by atoms with Crippen molar-refractivity contribution in [3.63, 3.8) is 0 Å². The van der Waals surface area contributed by atoms with Crippen LogP contribution in [0.15, 0.2) is 0 Å². The molecule has 0 amide bonds. The van der Waals surface area contributed by atoms with Gasteiger partial charge >= 0.3 is 5.97 Å². The first-order valence-electron chi connectivity index (χ1n) is 23.8. The molecule has 9 heteroatoms. The predicted molar refractivity (Wildman–Crippen MR) is 231 cm³/mol. The molecule has 2 unspecified atom stereocenters. The summed E-state index contributed by atoms with van der Waals surface area (Å²) in [6.07, 6.45) is 42.7. The Morgan fingerprint density at radius 2 is 0.836 bits per heavy atom. The third kappa shape index (κ3) is 44.4. The predicted octanol–water partition coefficient (Wildman–Crippen LogP) is 13.4. The minimum Gasteiger partial charge on any atom is -0.756 e. The lowest BCUT2D eigenvalue weighted by Gasteiger charge is -2.28. The molecule has 0 saturated carbocycles. The summed E-state index contributed by atoms with van der Waals surface area (Å²) in [5, 5.41) is 0. The standard InChI is InChI=1S/C46H94NO7P/c1-6-8-10-12-14-16-17-18-19-20-21-22-23-24-25-26-27-28-29-30-31-33-35-37-39-46(48)54-45(44-53-55(49,50)52-42-40-47(3,4)5)43-51-41-38-36-34-32-15-13-11-9-7-2/h45H,6-44H2,1-5H3. The van der Waals surface area contributed by atoms with Crippen molar-refractivity contribution in [2.24, 2.45) is 0 Å². The van der Waals surface area contributed by atoms with Gasteiger partial charge in [0.25, 0.3) is 7.82 Å². The van der Waals surface area contributed by atoms with E-state index in [1.165, 1.54) is 180 Å². The molecule has 0 N–H and O–H groups in total. The molecule has 2 atom stereocenters. The molecule has 0 spiro atoms. The summed E-state index contributed by atoms with van der Waals surface area (Å²) in [6, 6.07) is 0. The molecule has 0 aromatic carbocycles. The van der Waals surface area contributed by atoms with E-state index in [0.717, 1.165) is 32.1 Å². The highest BCUT2D eigenvalue weighted by molar-refractivity contribution is 7.45. The number of esters is 1. The monoisotopic (exact) mass is 804 g/mol. The number of likely N-dealkylation sites (N-methyl/N-ethyl adjacent to an activating group) is 1. The van der Waals surface area contributed by atoms with Crippen LogP contribution in [0.1, 0.15) is 232 Å². The van der Waals surface area contributed by atoms with Gasteiger partial charge in [0, 0.05) is 13.0 Å². The minimum atomic E-state index is -4.51. The largest absolute Gasteiger partial charge is 0.756 e. The minimum absolute atomic E-state index is 0.0312. The first-order valence-corrected chi connectivity index (χ1v) is 25.2. The first-order chi connectivity index (χ1) is 26.6. The summed E-state index contributed by atoms with van der Waals surface area (Å²) < 4.78 is 34.5. The Bertz CT molecular complexity index is 853. The highest BCUT2D eigenvalue weighted by atomic mass is 31.2. The van der Waals surface area contributed by atoms with E-state index >= 15 is 0 Å². The molecule has 330 valence electrons. The lowest BCUT2D eigenvalue weighted by molar-refractivity contribution is -0.870. The molecule has 0 fully saturated rings. The second kappa shape index (κ2) is 40.3. The van der Waals surface area contributed by atoms with Gasteiger partial charge in [-0.3, -0.25) is 9.36 Å². The van der Waals surface area contributed by atoms with E-state index in [9.17, 15) is 14.3 Å². The van der Waals surface area contributed by atoms with Gasteiger partial charge < -0.3 is 27.9 Å². The van der Waals surface area contributed by atoms with E-state index in [4.69, 9.17) is 18.5 Å². The number of carbonyl (C=O) groups excluding carboxylic acids is 1.